The van der Waals surface area contributed by atoms with Crippen LogP contribution in [0.2, 0.25) is 0 Å². The zero-order valence-corrected chi connectivity index (χ0v) is 13.6. The van der Waals surface area contributed by atoms with E-state index in [4.69, 9.17) is 14.3 Å². The van der Waals surface area contributed by atoms with Gasteiger partial charge in [-0.15, -0.1) is 0 Å². The molecule has 0 aliphatic heterocycles. The molecule has 0 aliphatic rings. The zero-order valence-electron chi connectivity index (χ0n) is 13.6. The van der Waals surface area contributed by atoms with E-state index < -0.39 is 11.0 Å². The summed E-state index contributed by atoms with van der Waals surface area (Å²) in [6.07, 6.45) is -0.618. The van der Waals surface area contributed by atoms with Crippen LogP contribution in [0.15, 0.2) is 40.8 Å². The Hall–Kier alpha value is -3.13. The molecule has 132 valence electrons. The van der Waals surface area contributed by atoms with E-state index in [0.29, 0.717) is 16.9 Å². The monoisotopic (exact) mass is 347 g/mol. The minimum absolute atomic E-state index is 0.0532. The van der Waals surface area contributed by atoms with Gasteiger partial charge in [0.05, 0.1) is 17.1 Å². The topological polar surface area (TPSA) is 123 Å². The molecule has 1 unspecified atom stereocenters. The van der Waals surface area contributed by atoms with Gasteiger partial charge in [0.2, 0.25) is 5.58 Å². The van der Waals surface area contributed by atoms with Crippen molar-refractivity contribution in [3.05, 3.63) is 52.1 Å². The third-order valence-corrected chi connectivity index (χ3v) is 3.19. The summed E-state index contributed by atoms with van der Waals surface area (Å²) in [5.41, 5.74) is 1.11. The lowest BCUT2D eigenvalue weighted by Crippen LogP contribution is -2.14. The van der Waals surface area contributed by atoms with E-state index in [1.54, 1.807) is 31.2 Å². The number of aliphatic hydroxyl groups excluding tert-OH is 1. The summed E-state index contributed by atoms with van der Waals surface area (Å²) >= 11 is 0. The molecular weight excluding hydrogens is 330 g/mol. The van der Waals surface area contributed by atoms with Crippen molar-refractivity contribution in [2.75, 3.05) is 6.61 Å². The number of non-ortho nitro benzene ring substituents is 1. The normalized spacial score (nSPS) is 11.6. The average molecular weight is 347 g/mol. The van der Waals surface area contributed by atoms with Crippen molar-refractivity contribution in [1.82, 2.24) is 0 Å². The Morgan fingerprint density at radius 3 is 2.52 bits per heavy atom. The predicted molar refractivity (Wildman–Crippen MR) is 89.3 cm³/mol. The molecule has 0 saturated heterocycles. The van der Waals surface area contributed by atoms with Gasteiger partial charge in [0.1, 0.15) is 29.3 Å². The number of aliphatic hydroxyl groups is 1. The van der Waals surface area contributed by atoms with Gasteiger partial charge < -0.3 is 19.4 Å². The second-order valence-corrected chi connectivity index (χ2v) is 5.36. The molecule has 0 spiro atoms. The number of ketones is 1. The van der Waals surface area contributed by atoms with Gasteiger partial charge in [0, 0.05) is 0 Å². The number of phenols is 1. The van der Waals surface area contributed by atoms with E-state index in [1.165, 1.54) is 19.1 Å². The SMILES string of the molecule is CC(=O)c1c(O)cccc1OCC(C)O.O=[N+]([O-])c1cc2ccc1o2. The maximum Gasteiger partial charge on any atom is 0.315 e. The number of benzene rings is 2. The van der Waals surface area contributed by atoms with Gasteiger partial charge >= 0.3 is 5.69 Å². The highest BCUT2D eigenvalue weighted by molar-refractivity contribution is 5.99. The molecule has 3 aromatic rings. The van der Waals surface area contributed by atoms with Gasteiger partial charge in [0.25, 0.3) is 0 Å². The molecule has 0 fully saturated rings. The molecule has 0 aliphatic carbocycles. The van der Waals surface area contributed by atoms with Crippen LogP contribution in [-0.2, 0) is 0 Å². The minimum Gasteiger partial charge on any atom is -0.507 e. The van der Waals surface area contributed by atoms with E-state index in [0.717, 1.165) is 0 Å². The summed E-state index contributed by atoms with van der Waals surface area (Å²) < 4.78 is 10.1. The first-order valence-electron chi connectivity index (χ1n) is 7.39. The lowest BCUT2D eigenvalue weighted by Gasteiger charge is -2.11. The molecule has 0 radical (unpaired) electrons. The van der Waals surface area contributed by atoms with Crippen LogP contribution < -0.4 is 4.74 Å². The number of ether oxygens (including phenoxy) is 1. The molecule has 1 atom stereocenters. The number of furan rings is 2. The second kappa shape index (κ2) is 7.63. The number of phenolic OH excluding ortho intramolecular Hbond substituents is 1. The number of aromatic hydroxyl groups is 1. The van der Waals surface area contributed by atoms with E-state index in [2.05, 4.69) is 0 Å². The number of nitro benzene ring substituents is 1. The van der Waals surface area contributed by atoms with E-state index in [-0.39, 0.29) is 29.4 Å². The van der Waals surface area contributed by atoms with Gasteiger partial charge in [-0.25, -0.2) is 0 Å². The summed E-state index contributed by atoms with van der Waals surface area (Å²) in [6, 6.07) is 9.29. The van der Waals surface area contributed by atoms with Crippen molar-refractivity contribution in [1.29, 1.82) is 0 Å². The van der Waals surface area contributed by atoms with Crippen LogP contribution in [0.25, 0.3) is 11.2 Å². The molecule has 3 rings (SSSR count). The van der Waals surface area contributed by atoms with Crippen molar-refractivity contribution >= 4 is 22.6 Å². The van der Waals surface area contributed by atoms with Crippen molar-refractivity contribution in [3.8, 4) is 11.5 Å². The van der Waals surface area contributed by atoms with Crippen molar-refractivity contribution in [3.63, 3.8) is 0 Å². The van der Waals surface area contributed by atoms with Gasteiger partial charge in [0.15, 0.2) is 5.78 Å². The smallest absolute Gasteiger partial charge is 0.315 e. The Morgan fingerprint density at radius 2 is 2.08 bits per heavy atom. The molecule has 2 N–H and O–H groups in total. The van der Waals surface area contributed by atoms with Gasteiger partial charge in [-0.2, -0.15) is 0 Å². The molecule has 2 bridgehead atoms. The highest BCUT2D eigenvalue weighted by Gasteiger charge is 2.16. The lowest BCUT2D eigenvalue weighted by atomic mass is 10.1. The first-order valence-corrected chi connectivity index (χ1v) is 7.39. The number of carbonyl (C=O) groups excluding carboxylic acids is 1. The molecule has 2 heterocycles. The van der Waals surface area contributed by atoms with Gasteiger partial charge in [-0.3, -0.25) is 14.9 Å². The number of Topliss-reactive ketones (excluding diaryl/α,β-unsaturated/α-hetero) is 1. The van der Waals surface area contributed by atoms with Crippen LogP contribution in [0.5, 0.6) is 11.5 Å². The Balaban J connectivity index is 0.000000194. The first-order chi connectivity index (χ1) is 11.8. The minimum atomic E-state index is -0.618. The molecule has 8 heteroatoms. The summed E-state index contributed by atoms with van der Waals surface area (Å²) in [5, 5.41) is 28.7. The summed E-state index contributed by atoms with van der Waals surface area (Å²) in [6.45, 7) is 3.02. The second-order valence-electron chi connectivity index (χ2n) is 5.36. The molecular formula is C17H17NO7. The number of nitrogens with zero attached hydrogens (tertiary/aromatic N) is 1. The van der Waals surface area contributed by atoms with Crippen LogP contribution in [0.1, 0.15) is 24.2 Å². The molecule has 2 aromatic heterocycles. The number of nitro groups is 1. The van der Waals surface area contributed by atoms with Gasteiger partial charge in [-0.05, 0) is 38.1 Å². The van der Waals surface area contributed by atoms with Crippen LogP contribution in [0.3, 0.4) is 0 Å². The van der Waals surface area contributed by atoms with Crippen molar-refractivity contribution in [2.45, 2.75) is 20.0 Å². The Bertz CT molecular complexity index is 869. The Morgan fingerprint density at radius 1 is 1.36 bits per heavy atom. The Labute approximate surface area is 142 Å². The maximum atomic E-state index is 11.2. The van der Waals surface area contributed by atoms with E-state index in [9.17, 15) is 20.0 Å². The number of rotatable bonds is 5. The van der Waals surface area contributed by atoms with Crippen molar-refractivity contribution in [2.24, 2.45) is 0 Å². The number of hydrogen-bond acceptors (Lipinski definition) is 7. The Kier molecular flexibility index (Phi) is 5.56. The van der Waals surface area contributed by atoms with Crippen LogP contribution in [-0.4, -0.2) is 33.6 Å². The molecule has 25 heavy (non-hydrogen) atoms. The van der Waals surface area contributed by atoms with E-state index in [1.807, 2.05) is 0 Å². The zero-order chi connectivity index (χ0) is 18.6. The standard InChI is InChI=1S/C11H14O4.C6H3NO3/c1-7(12)6-15-10-5-3-4-9(14)11(10)8(2)13;8-7(9)5-3-4-1-2-6(5)10-4/h3-5,7,12,14H,6H2,1-2H3;1-3H. The lowest BCUT2D eigenvalue weighted by molar-refractivity contribution is -0.383. The highest BCUT2D eigenvalue weighted by Crippen LogP contribution is 2.28. The largest absolute Gasteiger partial charge is 0.507 e. The first kappa shape index (κ1) is 18.2. The van der Waals surface area contributed by atoms with Crippen LogP contribution >= 0.6 is 0 Å². The molecule has 8 nitrogen and oxygen atoms in total. The number of fused-ring (bicyclic) bond motifs is 2. The maximum absolute atomic E-state index is 11.2. The summed E-state index contributed by atoms with van der Waals surface area (Å²) in [5.74, 6) is -0.0808. The van der Waals surface area contributed by atoms with Gasteiger partial charge in [-0.1, -0.05) is 6.07 Å². The summed E-state index contributed by atoms with van der Waals surface area (Å²) in [4.78, 5) is 21.0. The van der Waals surface area contributed by atoms with Crippen molar-refractivity contribution < 1.29 is 29.1 Å². The fraction of sp³-hybridized carbons (Fsp3) is 0.235. The van der Waals surface area contributed by atoms with Crippen LogP contribution in [0, 0.1) is 10.1 Å². The quantitative estimate of drug-likeness (QED) is 0.413. The van der Waals surface area contributed by atoms with Crippen LogP contribution in [0.4, 0.5) is 5.69 Å². The average Bonchev–Trinajstić information content (AvgIpc) is 3.16. The third kappa shape index (κ3) is 4.45. The highest BCUT2D eigenvalue weighted by atomic mass is 16.6. The number of hydrogen-bond donors (Lipinski definition) is 2. The van der Waals surface area contributed by atoms with E-state index >= 15 is 0 Å². The summed E-state index contributed by atoms with van der Waals surface area (Å²) in [7, 11) is 0. The third-order valence-electron chi connectivity index (χ3n) is 3.19. The molecule has 0 saturated carbocycles. The molecule has 1 aromatic carbocycles. The number of carbonyl (C=O) groups is 1. The fourth-order valence-electron chi connectivity index (χ4n) is 2.12. The fourth-order valence-corrected chi connectivity index (χ4v) is 2.12. The molecule has 0 amide bonds. The predicted octanol–water partition coefficient (Wildman–Crippen LogP) is 3.13.